The maximum Gasteiger partial charge on any atom is 0.363 e. The quantitative estimate of drug-likeness (QED) is 0.394. The van der Waals surface area contributed by atoms with Crippen LogP contribution in [0.15, 0.2) is 54.9 Å². The van der Waals surface area contributed by atoms with Crippen LogP contribution < -0.4 is 9.30 Å². The monoisotopic (exact) mass is 440 g/mol. The van der Waals surface area contributed by atoms with Crippen LogP contribution in [0.1, 0.15) is 42.5 Å². The summed E-state index contributed by atoms with van der Waals surface area (Å²) in [6.45, 7) is 1.54. The Morgan fingerprint density at radius 2 is 1.69 bits per heavy atom. The zero-order valence-corrected chi connectivity index (χ0v) is 18.6. The Labute approximate surface area is 188 Å². The second kappa shape index (κ2) is 11.4. The van der Waals surface area contributed by atoms with Crippen LogP contribution in [-0.4, -0.2) is 54.5 Å². The van der Waals surface area contributed by atoms with Gasteiger partial charge in [-0.15, -0.1) is 5.06 Å². The van der Waals surface area contributed by atoms with Crippen LogP contribution >= 0.6 is 0 Å². The molecule has 0 aliphatic carbocycles. The van der Waals surface area contributed by atoms with Gasteiger partial charge in [-0.2, -0.15) is 0 Å². The Balaban J connectivity index is 1.42. The van der Waals surface area contributed by atoms with Crippen molar-refractivity contribution in [2.75, 3.05) is 20.7 Å². The number of aryl methyl sites for hydroxylation is 1. The van der Waals surface area contributed by atoms with Crippen molar-refractivity contribution in [1.29, 1.82) is 0 Å². The highest BCUT2D eigenvalue weighted by Crippen LogP contribution is 2.17. The minimum absolute atomic E-state index is 0.0674. The lowest BCUT2D eigenvalue weighted by molar-refractivity contribution is -0.697. The first-order chi connectivity index (χ1) is 15.4. The van der Waals surface area contributed by atoms with E-state index in [0.717, 1.165) is 25.8 Å². The standard InChI is InChI=1S/C24H30N3O5/c1-25(2)20(7-6-17-26-15-4-3-5-16-26)14-18-31-21-10-8-19(9-11-21)24(30)32-27-22(28)12-13-23(27)29/h3-5,8-11,15-16,20H,6-7,12-14,17-18H2,1-2H3/q+1/t20-/m0/s1. The summed E-state index contributed by atoms with van der Waals surface area (Å²) in [5, 5.41) is 0.546. The second-order valence-corrected chi connectivity index (χ2v) is 8.00. The molecule has 1 aromatic carbocycles. The second-order valence-electron chi connectivity index (χ2n) is 8.00. The lowest BCUT2D eigenvalue weighted by Crippen LogP contribution is -2.35. The van der Waals surface area contributed by atoms with Gasteiger partial charge in [0.2, 0.25) is 0 Å². The van der Waals surface area contributed by atoms with E-state index in [0.29, 0.717) is 23.5 Å². The van der Waals surface area contributed by atoms with Crippen LogP contribution in [0.5, 0.6) is 5.75 Å². The third kappa shape index (κ3) is 6.62. The maximum absolute atomic E-state index is 12.2. The molecule has 1 atom stereocenters. The van der Waals surface area contributed by atoms with Crippen molar-refractivity contribution in [3.8, 4) is 5.75 Å². The van der Waals surface area contributed by atoms with E-state index in [9.17, 15) is 14.4 Å². The van der Waals surface area contributed by atoms with E-state index in [1.807, 2.05) is 18.2 Å². The lowest BCUT2D eigenvalue weighted by atomic mass is 10.1. The number of aromatic nitrogens is 1. The SMILES string of the molecule is CN(C)[C@@H](CCC[n+]1ccccc1)CCOc1ccc(C(=O)ON2C(=O)CCC2=O)cc1. The molecule has 2 heterocycles. The summed E-state index contributed by atoms with van der Waals surface area (Å²) in [6, 6.07) is 13.0. The fourth-order valence-electron chi connectivity index (χ4n) is 3.55. The van der Waals surface area contributed by atoms with E-state index in [4.69, 9.17) is 9.57 Å². The number of hydroxylamine groups is 2. The minimum atomic E-state index is -0.746. The molecule has 8 heteroatoms. The highest BCUT2D eigenvalue weighted by atomic mass is 16.7. The molecule has 0 bridgehead atoms. The number of carbonyl (C=O) groups excluding carboxylic acids is 3. The average molecular weight is 441 g/mol. The number of nitrogens with zero attached hydrogens (tertiary/aromatic N) is 3. The fraction of sp³-hybridized carbons (Fsp3) is 0.417. The molecule has 3 rings (SSSR count). The summed E-state index contributed by atoms with van der Waals surface area (Å²) >= 11 is 0. The molecule has 0 radical (unpaired) electrons. The number of amides is 2. The molecule has 32 heavy (non-hydrogen) atoms. The van der Waals surface area contributed by atoms with Gasteiger partial charge in [0.1, 0.15) is 12.3 Å². The van der Waals surface area contributed by atoms with Gasteiger partial charge in [-0.25, -0.2) is 9.36 Å². The van der Waals surface area contributed by atoms with Crippen LogP contribution in [0.4, 0.5) is 0 Å². The Bertz CT molecular complexity index is 899. The topological polar surface area (TPSA) is 80.0 Å². The fourth-order valence-corrected chi connectivity index (χ4v) is 3.55. The van der Waals surface area contributed by atoms with E-state index in [1.54, 1.807) is 24.3 Å². The summed E-state index contributed by atoms with van der Waals surface area (Å²) in [6.07, 6.45) is 7.32. The average Bonchev–Trinajstić information content (AvgIpc) is 3.11. The first kappa shape index (κ1) is 23.4. The van der Waals surface area contributed by atoms with Gasteiger partial charge in [-0.05, 0) is 51.2 Å². The Hall–Kier alpha value is -3.26. The molecule has 8 nitrogen and oxygen atoms in total. The van der Waals surface area contributed by atoms with Crippen molar-refractivity contribution in [3.63, 3.8) is 0 Å². The molecule has 1 aromatic heterocycles. The predicted octanol–water partition coefficient (Wildman–Crippen LogP) is 2.37. The van der Waals surface area contributed by atoms with Gasteiger partial charge in [-0.3, -0.25) is 9.59 Å². The molecule has 2 aromatic rings. The Morgan fingerprint density at radius 3 is 2.31 bits per heavy atom. The summed E-state index contributed by atoms with van der Waals surface area (Å²) in [5.41, 5.74) is 0.245. The van der Waals surface area contributed by atoms with E-state index >= 15 is 0 Å². The van der Waals surface area contributed by atoms with Crippen molar-refractivity contribution in [2.45, 2.75) is 44.7 Å². The first-order valence-corrected chi connectivity index (χ1v) is 10.9. The number of benzene rings is 1. The third-order valence-corrected chi connectivity index (χ3v) is 5.45. The van der Waals surface area contributed by atoms with Gasteiger partial charge >= 0.3 is 5.97 Å². The summed E-state index contributed by atoms with van der Waals surface area (Å²) in [7, 11) is 4.16. The molecule has 0 N–H and O–H groups in total. The van der Waals surface area contributed by atoms with Crippen LogP contribution in [-0.2, 0) is 21.0 Å². The number of carbonyl (C=O) groups is 3. The van der Waals surface area contributed by atoms with Gasteiger partial charge in [0.25, 0.3) is 11.8 Å². The molecule has 1 saturated heterocycles. The molecule has 1 aliphatic rings. The number of ether oxygens (including phenoxy) is 1. The molecule has 170 valence electrons. The Kier molecular flexibility index (Phi) is 8.33. The van der Waals surface area contributed by atoms with Gasteiger partial charge in [0, 0.05) is 37.4 Å². The first-order valence-electron chi connectivity index (χ1n) is 10.9. The zero-order chi connectivity index (χ0) is 22.9. The van der Waals surface area contributed by atoms with Crippen LogP contribution in [0.2, 0.25) is 0 Å². The molecule has 0 spiro atoms. The van der Waals surface area contributed by atoms with Crippen molar-refractivity contribution >= 4 is 17.8 Å². The normalized spacial score (nSPS) is 14.7. The van der Waals surface area contributed by atoms with Crippen LogP contribution in [0.25, 0.3) is 0 Å². The summed E-state index contributed by atoms with van der Waals surface area (Å²) in [4.78, 5) is 42.4. The maximum atomic E-state index is 12.2. The molecule has 0 unspecified atom stereocenters. The number of rotatable bonds is 11. The van der Waals surface area contributed by atoms with E-state index in [2.05, 4.69) is 36.0 Å². The largest absolute Gasteiger partial charge is 0.494 e. The summed E-state index contributed by atoms with van der Waals surface area (Å²) < 4.78 is 8.04. The van der Waals surface area contributed by atoms with Gasteiger partial charge in [-0.1, -0.05) is 6.07 Å². The molecule has 1 fully saturated rings. The van der Waals surface area contributed by atoms with Crippen LogP contribution in [0.3, 0.4) is 0 Å². The molecule has 1 aliphatic heterocycles. The molecule has 2 amide bonds. The van der Waals surface area contributed by atoms with Crippen LogP contribution in [0, 0.1) is 0 Å². The highest BCUT2D eigenvalue weighted by molar-refractivity contribution is 6.02. The van der Waals surface area contributed by atoms with Gasteiger partial charge in [0.05, 0.1) is 12.2 Å². The number of pyridine rings is 1. The van der Waals surface area contributed by atoms with Crippen molar-refractivity contribution in [2.24, 2.45) is 0 Å². The lowest BCUT2D eigenvalue weighted by Gasteiger charge is -2.24. The van der Waals surface area contributed by atoms with Crippen molar-refractivity contribution < 1.29 is 28.5 Å². The zero-order valence-electron chi connectivity index (χ0n) is 18.6. The number of imide groups is 1. The summed E-state index contributed by atoms with van der Waals surface area (Å²) in [5.74, 6) is -1.10. The van der Waals surface area contributed by atoms with Gasteiger partial charge < -0.3 is 14.5 Å². The number of hydrogen-bond acceptors (Lipinski definition) is 6. The van der Waals surface area contributed by atoms with Gasteiger partial charge in [0.15, 0.2) is 12.4 Å². The highest BCUT2D eigenvalue weighted by Gasteiger charge is 2.33. The third-order valence-electron chi connectivity index (χ3n) is 5.45. The molecular formula is C24H30N3O5+. The van der Waals surface area contributed by atoms with E-state index in [1.165, 1.54) is 0 Å². The van der Waals surface area contributed by atoms with Crippen molar-refractivity contribution in [3.05, 3.63) is 60.4 Å². The molecule has 0 saturated carbocycles. The minimum Gasteiger partial charge on any atom is -0.494 e. The number of hydrogen-bond donors (Lipinski definition) is 0. The smallest absolute Gasteiger partial charge is 0.363 e. The van der Waals surface area contributed by atoms with E-state index < -0.39 is 17.8 Å². The Morgan fingerprint density at radius 1 is 1.03 bits per heavy atom. The van der Waals surface area contributed by atoms with E-state index in [-0.39, 0.29) is 18.4 Å². The van der Waals surface area contributed by atoms with Crippen molar-refractivity contribution in [1.82, 2.24) is 9.96 Å². The molecular weight excluding hydrogens is 410 g/mol. The predicted molar refractivity (Wildman–Crippen MR) is 116 cm³/mol.